The van der Waals surface area contributed by atoms with Crippen LogP contribution >= 0.6 is 22.6 Å². The van der Waals surface area contributed by atoms with E-state index in [1.54, 1.807) is 24.3 Å². The van der Waals surface area contributed by atoms with Crippen molar-refractivity contribution in [2.24, 2.45) is 0 Å². The second-order valence-corrected chi connectivity index (χ2v) is 13.6. The molecule has 2 aromatic rings. The van der Waals surface area contributed by atoms with E-state index >= 15 is 0 Å². The molecule has 0 aliphatic carbocycles. The quantitative estimate of drug-likeness (QED) is 0.259. The molecule has 27 heavy (non-hydrogen) atoms. The van der Waals surface area contributed by atoms with Gasteiger partial charge in [-0.15, -0.1) is 17.5 Å². The first-order chi connectivity index (χ1) is 12.8. The Morgan fingerprint density at radius 2 is 1.33 bits per heavy atom. The van der Waals surface area contributed by atoms with Crippen LogP contribution in [-0.4, -0.2) is 30.2 Å². The van der Waals surface area contributed by atoms with Gasteiger partial charge in [-0.05, 0) is 46.9 Å². The first-order valence-corrected chi connectivity index (χ1v) is 15.2. The number of aldehydes is 2. The van der Waals surface area contributed by atoms with Gasteiger partial charge in [-0.3, -0.25) is 9.59 Å². The number of carbonyl (C=O) groups excluding carboxylic acids is 2. The number of rotatable bonds is 2. The van der Waals surface area contributed by atoms with Gasteiger partial charge in [0.1, 0.15) is 30.2 Å². The lowest BCUT2D eigenvalue weighted by Gasteiger charge is -2.03. The fraction of sp³-hybridized carbons (Fsp3) is 0.182. The Morgan fingerprint density at radius 1 is 0.926 bits per heavy atom. The summed E-state index contributed by atoms with van der Waals surface area (Å²) in [6, 6.07) is 14.8. The number of halogens is 1. The molecule has 0 unspecified atom stereocenters. The maximum absolute atomic E-state index is 10.4. The third kappa shape index (κ3) is 13.9. The Balaban J connectivity index is 0.000000444. The molecule has 0 atom stereocenters. The van der Waals surface area contributed by atoms with Crippen LogP contribution in [0.2, 0.25) is 26.2 Å². The predicted octanol–water partition coefficient (Wildman–Crippen LogP) is 4.63. The second kappa shape index (κ2) is 14.2. The average molecular weight is 505 g/mol. The Kier molecular flexibility index (Phi) is 13.1. The maximum Gasteiger partial charge on any atom is 0.150 e. The average Bonchev–Trinajstić information content (AvgIpc) is 2.67. The Hall–Kier alpha value is -1.94. The molecule has 0 aliphatic heterocycles. The summed E-state index contributed by atoms with van der Waals surface area (Å²) in [4.78, 5) is 20.5. The summed E-state index contributed by atoms with van der Waals surface area (Å²) in [6.45, 7) is 8.71. The van der Waals surface area contributed by atoms with Gasteiger partial charge in [0.25, 0.3) is 0 Å². The minimum Gasteiger partial charge on any atom is -0.298 e. The van der Waals surface area contributed by atoms with Gasteiger partial charge in [0, 0.05) is 20.3 Å². The molecule has 0 heterocycles. The molecule has 0 saturated carbocycles. The highest BCUT2D eigenvalue weighted by Gasteiger charge is 2.07. The van der Waals surface area contributed by atoms with Crippen LogP contribution in [0.25, 0.3) is 0 Å². The smallest absolute Gasteiger partial charge is 0.150 e. The van der Waals surface area contributed by atoms with Crippen molar-refractivity contribution < 1.29 is 9.59 Å². The first kappa shape index (κ1) is 25.1. The molecule has 2 nitrogen and oxygen atoms in total. The van der Waals surface area contributed by atoms with Crippen LogP contribution in [0.1, 0.15) is 26.3 Å². The number of carbonyl (C=O) groups is 2. The van der Waals surface area contributed by atoms with Gasteiger partial charge in [-0.2, -0.15) is 0 Å². The van der Waals surface area contributed by atoms with Crippen molar-refractivity contribution in [3.05, 3.63) is 68.8 Å². The summed E-state index contributed by atoms with van der Waals surface area (Å²) >= 11 is 2.20. The fourth-order valence-electron chi connectivity index (χ4n) is 1.45. The Bertz CT molecular complexity index is 803. The standard InChI is InChI=1S/C12H14OSi.C7H5IO.C3H6Si/c1-14(2,3)9-8-11-4-6-12(10-13)7-5-11;8-7-3-1-6(5-9)2-4-7;1-3-4-2/h4-7,10H,1-3H3;1-5H;1H,4H2,2H3. The Morgan fingerprint density at radius 3 is 1.67 bits per heavy atom. The number of terminal acetylenes is 1. The zero-order valence-corrected chi connectivity index (χ0v) is 20.8. The van der Waals surface area contributed by atoms with Gasteiger partial charge >= 0.3 is 0 Å². The minimum absolute atomic E-state index is 0.0478. The summed E-state index contributed by atoms with van der Waals surface area (Å²) in [5.74, 6) is 3.13. The van der Waals surface area contributed by atoms with Crippen LogP contribution < -0.4 is 0 Å². The molecule has 0 amide bonds. The SMILES string of the molecule is C#C[SiH2]C.C[Si](C)(C)C#Cc1ccc(C=O)cc1.O=Cc1ccc(I)cc1. The highest BCUT2D eigenvalue weighted by atomic mass is 127. The molecule has 0 spiro atoms. The molecule has 5 heteroatoms. The topological polar surface area (TPSA) is 34.1 Å². The lowest BCUT2D eigenvalue weighted by atomic mass is 10.2. The van der Waals surface area contributed by atoms with Crippen LogP contribution in [-0.2, 0) is 0 Å². The van der Waals surface area contributed by atoms with Crippen molar-refractivity contribution in [1.29, 1.82) is 0 Å². The van der Waals surface area contributed by atoms with Gasteiger partial charge in [-0.25, -0.2) is 0 Å². The molecule has 0 N–H and O–H groups in total. The van der Waals surface area contributed by atoms with E-state index in [0.29, 0.717) is 5.56 Å². The Labute approximate surface area is 180 Å². The monoisotopic (exact) mass is 504 g/mol. The molecular formula is C22H25IO2Si2. The van der Waals surface area contributed by atoms with E-state index in [9.17, 15) is 9.59 Å². The number of hydrogen-bond acceptors (Lipinski definition) is 2. The van der Waals surface area contributed by atoms with E-state index in [0.717, 1.165) is 27.3 Å². The van der Waals surface area contributed by atoms with Gasteiger partial charge in [0.15, 0.2) is 0 Å². The third-order valence-corrected chi connectivity index (χ3v) is 4.84. The summed E-state index contributed by atoms with van der Waals surface area (Å²) in [6.07, 6.45) is 6.53. The van der Waals surface area contributed by atoms with Crippen molar-refractivity contribution >= 4 is 52.8 Å². The van der Waals surface area contributed by atoms with E-state index in [1.807, 2.05) is 24.3 Å². The minimum atomic E-state index is -1.29. The van der Waals surface area contributed by atoms with E-state index in [2.05, 4.69) is 65.8 Å². The van der Waals surface area contributed by atoms with Crippen molar-refractivity contribution in [3.8, 4) is 23.4 Å². The molecule has 0 saturated heterocycles. The van der Waals surface area contributed by atoms with E-state index in [1.165, 1.54) is 0 Å². The largest absolute Gasteiger partial charge is 0.298 e. The maximum atomic E-state index is 10.4. The molecular weight excluding hydrogens is 479 g/mol. The van der Waals surface area contributed by atoms with Crippen LogP contribution in [0.5, 0.6) is 0 Å². The van der Waals surface area contributed by atoms with Gasteiger partial charge in [0.2, 0.25) is 0 Å². The molecule has 0 bridgehead atoms. The van der Waals surface area contributed by atoms with Crippen molar-refractivity contribution in [2.75, 3.05) is 0 Å². The molecule has 2 rings (SSSR count). The van der Waals surface area contributed by atoms with E-state index in [4.69, 9.17) is 6.42 Å². The molecule has 0 aliphatic rings. The van der Waals surface area contributed by atoms with E-state index in [-0.39, 0.29) is 9.52 Å². The van der Waals surface area contributed by atoms with Crippen molar-refractivity contribution in [2.45, 2.75) is 26.2 Å². The molecule has 0 aromatic heterocycles. The zero-order chi connectivity index (χ0) is 20.7. The summed E-state index contributed by atoms with van der Waals surface area (Å²) in [7, 11) is -1.34. The summed E-state index contributed by atoms with van der Waals surface area (Å²) in [5, 5.41) is 0. The lowest BCUT2D eigenvalue weighted by Crippen LogP contribution is -2.16. The van der Waals surface area contributed by atoms with Crippen LogP contribution in [0.4, 0.5) is 0 Å². The number of hydrogen-bond donors (Lipinski definition) is 0. The highest BCUT2D eigenvalue weighted by molar-refractivity contribution is 14.1. The van der Waals surface area contributed by atoms with E-state index < -0.39 is 8.07 Å². The third-order valence-electron chi connectivity index (χ3n) is 2.84. The molecule has 0 fully saturated rings. The fourth-order valence-corrected chi connectivity index (χ4v) is 2.32. The summed E-state index contributed by atoms with van der Waals surface area (Å²) < 4.78 is 1.15. The second-order valence-electron chi connectivity index (χ2n) is 6.47. The van der Waals surface area contributed by atoms with Gasteiger partial charge in [-0.1, -0.05) is 56.4 Å². The van der Waals surface area contributed by atoms with Crippen LogP contribution in [0, 0.1) is 27.0 Å². The summed E-state index contributed by atoms with van der Waals surface area (Å²) in [5.41, 5.74) is 8.26. The molecule has 0 radical (unpaired) electrons. The highest BCUT2D eigenvalue weighted by Crippen LogP contribution is 2.04. The lowest BCUT2D eigenvalue weighted by molar-refractivity contribution is 0.111. The molecule has 140 valence electrons. The number of benzene rings is 2. The van der Waals surface area contributed by atoms with Crippen LogP contribution in [0.15, 0.2) is 48.5 Å². The van der Waals surface area contributed by atoms with Crippen molar-refractivity contribution in [1.82, 2.24) is 0 Å². The first-order valence-electron chi connectivity index (χ1n) is 8.48. The van der Waals surface area contributed by atoms with Crippen molar-refractivity contribution in [3.63, 3.8) is 0 Å². The normalized spacial score (nSPS) is 9.48. The van der Waals surface area contributed by atoms with Gasteiger partial charge < -0.3 is 0 Å². The zero-order valence-electron chi connectivity index (χ0n) is 16.3. The van der Waals surface area contributed by atoms with Gasteiger partial charge in [0.05, 0.1) is 0 Å². The predicted molar refractivity (Wildman–Crippen MR) is 130 cm³/mol. The molecule has 2 aromatic carbocycles. The van der Waals surface area contributed by atoms with Crippen LogP contribution in [0.3, 0.4) is 0 Å².